The van der Waals surface area contributed by atoms with E-state index in [0.29, 0.717) is 11.4 Å². The van der Waals surface area contributed by atoms with E-state index < -0.39 is 12.1 Å². The summed E-state index contributed by atoms with van der Waals surface area (Å²) in [5, 5.41) is 11.7. The molecule has 0 saturated heterocycles. The second-order valence-electron chi connectivity index (χ2n) is 7.59. The Hall–Kier alpha value is -4.32. The molecule has 4 rings (SSSR count). The Labute approximate surface area is 191 Å². The van der Waals surface area contributed by atoms with Crippen molar-refractivity contribution in [1.29, 1.82) is 0 Å². The molecule has 0 aliphatic carbocycles. The fourth-order valence-electron chi connectivity index (χ4n) is 3.53. The molecule has 1 heterocycles. The summed E-state index contributed by atoms with van der Waals surface area (Å²) in [5.41, 5.74) is 4.95. The van der Waals surface area contributed by atoms with Gasteiger partial charge >= 0.3 is 12.1 Å². The number of aliphatic carboxylic acids is 1. The Balaban J connectivity index is 1.44. The van der Waals surface area contributed by atoms with Crippen LogP contribution in [0.25, 0.3) is 22.5 Å². The first-order chi connectivity index (χ1) is 16.0. The van der Waals surface area contributed by atoms with Crippen LogP contribution >= 0.6 is 0 Å². The summed E-state index contributed by atoms with van der Waals surface area (Å²) in [6, 6.07) is 26.3. The summed E-state index contributed by atoms with van der Waals surface area (Å²) >= 11 is 0. The van der Waals surface area contributed by atoms with E-state index in [1.165, 1.54) is 6.26 Å². The molecule has 0 aliphatic rings. The van der Waals surface area contributed by atoms with Crippen molar-refractivity contribution in [3.63, 3.8) is 0 Å². The van der Waals surface area contributed by atoms with Gasteiger partial charge in [-0.3, -0.25) is 10.1 Å². The van der Waals surface area contributed by atoms with Gasteiger partial charge in [-0.1, -0.05) is 78.9 Å². The number of carboxylic acids is 1. The van der Waals surface area contributed by atoms with Gasteiger partial charge in [0.15, 0.2) is 5.76 Å². The molecule has 1 unspecified atom stereocenters. The van der Waals surface area contributed by atoms with Crippen LogP contribution in [-0.4, -0.2) is 17.2 Å². The van der Waals surface area contributed by atoms with Gasteiger partial charge in [-0.15, -0.1) is 0 Å². The number of furan rings is 1. The molecule has 166 valence electrons. The van der Waals surface area contributed by atoms with Crippen LogP contribution < -0.4 is 5.32 Å². The molecular formula is C27H23NO5. The van der Waals surface area contributed by atoms with Crippen LogP contribution in [0.4, 0.5) is 10.5 Å². The van der Waals surface area contributed by atoms with Crippen LogP contribution in [0.15, 0.2) is 95.6 Å². The second kappa shape index (κ2) is 9.87. The van der Waals surface area contributed by atoms with Gasteiger partial charge in [0, 0.05) is 11.6 Å². The Morgan fingerprint density at radius 3 is 2.12 bits per heavy atom. The third-order valence-electron chi connectivity index (χ3n) is 5.24. The van der Waals surface area contributed by atoms with Crippen LogP contribution in [0.3, 0.4) is 0 Å². The lowest BCUT2D eigenvalue weighted by atomic mass is 10.0. The summed E-state index contributed by atoms with van der Waals surface area (Å²) < 4.78 is 11.1. The lowest BCUT2D eigenvalue weighted by Gasteiger charge is -2.14. The zero-order valence-electron chi connectivity index (χ0n) is 18.0. The molecule has 0 aliphatic heterocycles. The maximum absolute atomic E-state index is 12.4. The lowest BCUT2D eigenvalue weighted by Crippen LogP contribution is -2.16. The Kier molecular flexibility index (Phi) is 6.55. The molecule has 1 aromatic heterocycles. The number of anilines is 1. The van der Waals surface area contributed by atoms with Gasteiger partial charge in [0.2, 0.25) is 0 Å². The molecule has 0 bridgehead atoms. The van der Waals surface area contributed by atoms with Crippen molar-refractivity contribution in [2.45, 2.75) is 19.4 Å². The maximum Gasteiger partial charge on any atom is 0.412 e. The number of ether oxygens (including phenoxy) is 1. The number of amides is 1. The fourth-order valence-corrected chi connectivity index (χ4v) is 3.53. The van der Waals surface area contributed by atoms with Crippen LogP contribution in [0.2, 0.25) is 0 Å². The van der Waals surface area contributed by atoms with Gasteiger partial charge in [0.25, 0.3) is 0 Å². The second-order valence-corrected chi connectivity index (χ2v) is 7.59. The summed E-state index contributed by atoms with van der Waals surface area (Å²) in [4.78, 5) is 23.2. The van der Waals surface area contributed by atoms with Gasteiger partial charge in [-0.25, -0.2) is 4.79 Å². The topological polar surface area (TPSA) is 88.8 Å². The van der Waals surface area contributed by atoms with E-state index in [-0.39, 0.29) is 12.5 Å². The highest BCUT2D eigenvalue weighted by Gasteiger charge is 2.16. The van der Waals surface area contributed by atoms with E-state index in [0.717, 1.165) is 27.8 Å². The minimum Gasteiger partial charge on any atom is -0.481 e. The zero-order chi connectivity index (χ0) is 23.2. The average Bonchev–Trinajstić information content (AvgIpc) is 3.28. The Bertz CT molecular complexity index is 1230. The predicted molar refractivity (Wildman–Crippen MR) is 126 cm³/mol. The molecule has 2 N–H and O–H groups in total. The average molecular weight is 441 g/mol. The van der Waals surface area contributed by atoms with E-state index in [1.807, 2.05) is 85.8 Å². The molecule has 0 fully saturated rings. The first-order valence-electron chi connectivity index (χ1n) is 10.5. The third-order valence-corrected chi connectivity index (χ3v) is 5.24. The molecule has 1 amide bonds. The summed E-state index contributed by atoms with van der Waals surface area (Å²) in [5.74, 6) is -0.323. The third kappa shape index (κ3) is 5.49. The first-order valence-corrected chi connectivity index (χ1v) is 10.5. The van der Waals surface area contributed by atoms with Gasteiger partial charge in [0.1, 0.15) is 6.10 Å². The summed E-state index contributed by atoms with van der Waals surface area (Å²) in [6.07, 6.45) is 0.565. The minimum absolute atomic E-state index is 0.0000489. The number of carboxylic acid groups (broad SMARTS) is 1. The number of hydrogen-bond acceptors (Lipinski definition) is 4. The Morgan fingerprint density at radius 1 is 0.879 bits per heavy atom. The van der Waals surface area contributed by atoms with E-state index in [4.69, 9.17) is 14.3 Å². The van der Waals surface area contributed by atoms with Crippen molar-refractivity contribution in [3.05, 3.63) is 102 Å². The highest BCUT2D eigenvalue weighted by Crippen LogP contribution is 2.31. The maximum atomic E-state index is 12.4. The molecule has 33 heavy (non-hydrogen) atoms. The Morgan fingerprint density at radius 2 is 1.48 bits per heavy atom. The number of benzene rings is 3. The van der Waals surface area contributed by atoms with Crippen molar-refractivity contribution in [1.82, 2.24) is 0 Å². The molecule has 0 radical (unpaired) electrons. The lowest BCUT2D eigenvalue weighted by molar-refractivity contribution is -0.136. The van der Waals surface area contributed by atoms with Crippen LogP contribution in [0.5, 0.6) is 0 Å². The number of rotatable bonds is 7. The summed E-state index contributed by atoms with van der Waals surface area (Å²) in [6.45, 7) is 1.82. The highest BCUT2D eigenvalue weighted by atomic mass is 16.6. The van der Waals surface area contributed by atoms with Gasteiger partial charge in [-0.05, 0) is 29.2 Å². The van der Waals surface area contributed by atoms with Crippen LogP contribution in [0.1, 0.15) is 24.2 Å². The van der Waals surface area contributed by atoms with Gasteiger partial charge in [-0.2, -0.15) is 0 Å². The van der Waals surface area contributed by atoms with Crippen molar-refractivity contribution in [2.24, 2.45) is 0 Å². The molecular weight excluding hydrogens is 418 g/mol. The summed E-state index contributed by atoms with van der Waals surface area (Å²) in [7, 11) is 0. The van der Waals surface area contributed by atoms with Crippen molar-refractivity contribution < 1.29 is 23.8 Å². The molecule has 1 atom stereocenters. The largest absolute Gasteiger partial charge is 0.481 e. The van der Waals surface area contributed by atoms with Crippen molar-refractivity contribution >= 4 is 17.7 Å². The molecule has 6 heteroatoms. The fraction of sp³-hybridized carbons (Fsp3) is 0.111. The molecule has 6 nitrogen and oxygen atoms in total. The van der Waals surface area contributed by atoms with Crippen LogP contribution in [0, 0.1) is 0 Å². The number of hydrogen-bond donors (Lipinski definition) is 2. The van der Waals surface area contributed by atoms with Gasteiger partial charge < -0.3 is 14.3 Å². The number of carbonyl (C=O) groups is 2. The quantitative estimate of drug-likeness (QED) is 0.339. The van der Waals surface area contributed by atoms with E-state index in [9.17, 15) is 9.59 Å². The molecule has 0 spiro atoms. The van der Waals surface area contributed by atoms with Crippen LogP contribution in [-0.2, 0) is 16.0 Å². The minimum atomic E-state index is -0.853. The first kappa shape index (κ1) is 21.9. The normalized spacial score (nSPS) is 11.5. The smallest absolute Gasteiger partial charge is 0.412 e. The number of carbonyl (C=O) groups excluding carboxylic acids is 1. The molecule has 3 aromatic carbocycles. The van der Waals surface area contributed by atoms with Crippen molar-refractivity contribution in [3.8, 4) is 22.5 Å². The standard InChI is InChI=1S/C27H23NO5/c1-18(20-5-3-2-4-6-20)33-27(31)28-24-15-16-32-26(24)23-13-11-22(12-14-23)21-9-7-19(8-10-21)17-25(29)30/h2-16,18H,17H2,1H3,(H,28,31)(H,29,30). The van der Waals surface area contributed by atoms with E-state index >= 15 is 0 Å². The SMILES string of the molecule is CC(OC(=O)Nc1ccoc1-c1ccc(-c2ccc(CC(=O)O)cc2)cc1)c1ccccc1. The zero-order valence-corrected chi connectivity index (χ0v) is 18.0. The van der Waals surface area contributed by atoms with Crippen molar-refractivity contribution in [2.75, 3.05) is 5.32 Å². The molecule has 4 aromatic rings. The monoisotopic (exact) mass is 441 g/mol. The van der Waals surface area contributed by atoms with Gasteiger partial charge in [0.05, 0.1) is 18.4 Å². The van der Waals surface area contributed by atoms with E-state index in [2.05, 4.69) is 5.32 Å². The molecule has 0 saturated carbocycles. The highest BCUT2D eigenvalue weighted by molar-refractivity contribution is 5.90. The number of nitrogens with one attached hydrogen (secondary N) is 1. The predicted octanol–water partition coefficient (Wildman–Crippen LogP) is 6.55. The van der Waals surface area contributed by atoms with E-state index in [1.54, 1.807) is 6.07 Å².